The number of carbonyl (C=O) groups is 2. The molecular weight excluding hydrogens is 578 g/mol. The molecule has 1 heterocycles. The van der Waals surface area contributed by atoms with E-state index in [1.807, 2.05) is 98.7 Å². The molecule has 224 valence electrons. The average Bonchev–Trinajstić information content (AvgIpc) is 3.00. The van der Waals surface area contributed by atoms with Crippen LogP contribution < -0.4 is 15.5 Å². The van der Waals surface area contributed by atoms with Gasteiger partial charge in [0, 0.05) is 54.3 Å². The molecule has 1 aromatic heterocycles. The first-order valence-corrected chi connectivity index (χ1v) is 16.1. The van der Waals surface area contributed by atoms with Crippen molar-refractivity contribution in [2.75, 3.05) is 24.3 Å². The van der Waals surface area contributed by atoms with Gasteiger partial charge in [0.1, 0.15) is 5.82 Å². The van der Waals surface area contributed by atoms with Crippen molar-refractivity contribution >= 4 is 57.7 Å². The lowest BCUT2D eigenvalue weighted by Crippen LogP contribution is -2.44. The van der Waals surface area contributed by atoms with E-state index in [-0.39, 0.29) is 30.2 Å². The molecule has 0 saturated heterocycles. The van der Waals surface area contributed by atoms with E-state index in [1.54, 1.807) is 0 Å². The van der Waals surface area contributed by atoms with Crippen molar-refractivity contribution in [2.24, 2.45) is 0 Å². The highest BCUT2D eigenvalue weighted by molar-refractivity contribution is 7.99. The van der Waals surface area contributed by atoms with Crippen molar-refractivity contribution in [1.82, 2.24) is 15.3 Å². The predicted molar refractivity (Wildman–Crippen MR) is 178 cm³/mol. The molecule has 7 nitrogen and oxygen atoms in total. The summed E-state index contributed by atoms with van der Waals surface area (Å²) in [5.41, 5.74) is 3.70. The maximum atomic E-state index is 13.6. The van der Waals surface area contributed by atoms with Crippen LogP contribution in [0.2, 0.25) is 5.02 Å². The summed E-state index contributed by atoms with van der Waals surface area (Å²) in [7, 11) is 3.98. The average molecular weight is 616 g/mol. The van der Waals surface area contributed by atoms with Gasteiger partial charge in [0.25, 0.3) is 0 Å². The van der Waals surface area contributed by atoms with Crippen LogP contribution in [-0.4, -0.2) is 53.1 Å². The highest BCUT2D eigenvalue weighted by atomic mass is 35.5. The molecule has 1 amide bonds. The molecule has 2 N–H and O–H groups in total. The predicted octanol–water partition coefficient (Wildman–Crippen LogP) is 7.07. The molecule has 1 saturated carbocycles. The highest BCUT2D eigenvalue weighted by Gasteiger charge is 2.28. The van der Waals surface area contributed by atoms with Gasteiger partial charge in [0.05, 0.1) is 10.8 Å². The molecule has 1 aliphatic rings. The number of halogens is 1. The zero-order valence-electron chi connectivity index (χ0n) is 24.8. The Bertz CT molecular complexity index is 1550. The summed E-state index contributed by atoms with van der Waals surface area (Å²) in [5, 5.41) is 8.01. The van der Waals surface area contributed by atoms with Crippen LogP contribution in [0.1, 0.15) is 53.6 Å². The Balaban J connectivity index is 1.20. The van der Waals surface area contributed by atoms with Crippen LogP contribution in [-0.2, 0) is 10.5 Å². The van der Waals surface area contributed by atoms with Crippen LogP contribution in [0.4, 0.5) is 11.8 Å². The van der Waals surface area contributed by atoms with Crippen molar-refractivity contribution in [3.8, 4) is 0 Å². The van der Waals surface area contributed by atoms with Gasteiger partial charge in [-0.1, -0.05) is 65.7 Å². The Labute approximate surface area is 262 Å². The molecule has 0 radical (unpaired) electrons. The first-order valence-electron chi connectivity index (χ1n) is 14.7. The minimum absolute atomic E-state index is 0.0239. The third-order valence-corrected chi connectivity index (χ3v) is 9.35. The van der Waals surface area contributed by atoms with Crippen molar-refractivity contribution in [1.29, 1.82) is 0 Å². The van der Waals surface area contributed by atoms with E-state index in [2.05, 4.69) is 10.6 Å². The summed E-state index contributed by atoms with van der Waals surface area (Å²) in [5.74, 6) is 2.03. The number of thioether (sulfide) groups is 1. The molecule has 9 heteroatoms. The number of hydrogen-bond acceptors (Lipinski definition) is 7. The fraction of sp³-hybridized carbons (Fsp3) is 0.353. The number of nitrogens with one attached hydrogen (secondary N) is 2. The van der Waals surface area contributed by atoms with Crippen molar-refractivity contribution < 1.29 is 9.59 Å². The molecule has 1 fully saturated rings. The number of carbonyl (C=O) groups excluding carboxylic acids is 2. The quantitative estimate of drug-likeness (QED) is 0.174. The van der Waals surface area contributed by atoms with E-state index in [0.717, 1.165) is 53.5 Å². The van der Waals surface area contributed by atoms with E-state index in [4.69, 9.17) is 21.6 Å². The van der Waals surface area contributed by atoms with Crippen LogP contribution >= 0.6 is 23.4 Å². The molecular formula is C34H38ClN5O2S. The summed E-state index contributed by atoms with van der Waals surface area (Å²) in [6.45, 7) is 1.99. The van der Waals surface area contributed by atoms with Gasteiger partial charge in [-0.25, -0.2) is 4.98 Å². The molecule has 1 unspecified atom stereocenters. The number of Topliss-reactive ketones (excluding diaryl/α,β-unsaturated/α-hetero) is 1. The van der Waals surface area contributed by atoms with E-state index < -0.39 is 5.25 Å². The number of rotatable bonds is 11. The number of para-hydroxylation sites is 1. The van der Waals surface area contributed by atoms with Gasteiger partial charge in [-0.3, -0.25) is 9.59 Å². The van der Waals surface area contributed by atoms with Crippen molar-refractivity contribution in [3.05, 3.63) is 94.5 Å². The van der Waals surface area contributed by atoms with Crippen molar-refractivity contribution in [2.45, 2.75) is 62.1 Å². The standard InChI is InChI=1S/C34H38ClN5O2S/c1-22-8-12-24(13-9-22)30(41)20-31(43-21-23-10-14-25(35)15-11-23)33(42)36-26-16-18-27(19-17-26)37-34-38-29-7-5-4-6-28(29)32(39-34)40(2)3/h4-15,26-27,31H,16-21H2,1-3H3,(H,36,42)(H,37,38,39). The largest absolute Gasteiger partial charge is 0.362 e. The first kappa shape index (κ1) is 30.8. The summed E-state index contributed by atoms with van der Waals surface area (Å²) < 4.78 is 0. The van der Waals surface area contributed by atoms with E-state index in [1.165, 1.54) is 11.8 Å². The van der Waals surface area contributed by atoms with Gasteiger partial charge >= 0.3 is 0 Å². The molecule has 3 aromatic carbocycles. The summed E-state index contributed by atoms with van der Waals surface area (Å²) in [6, 6.07) is 23.5. The Morgan fingerprint density at radius 3 is 2.30 bits per heavy atom. The fourth-order valence-electron chi connectivity index (χ4n) is 5.35. The molecule has 4 aromatic rings. The lowest BCUT2D eigenvalue weighted by Gasteiger charge is -2.31. The maximum Gasteiger partial charge on any atom is 0.233 e. The first-order chi connectivity index (χ1) is 20.7. The fourth-order valence-corrected chi connectivity index (χ4v) is 6.56. The SMILES string of the molecule is Cc1ccc(C(=O)CC(SCc2ccc(Cl)cc2)C(=O)NC2CCC(Nc3nc(N(C)C)c4ccccc4n3)CC2)cc1. The number of anilines is 2. The Morgan fingerprint density at radius 1 is 0.930 bits per heavy atom. The maximum absolute atomic E-state index is 13.6. The summed E-state index contributed by atoms with van der Waals surface area (Å²) in [6.07, 6.45) is 3.63. The summed E-state index contributed by atoms with van der Waals surface area (Å²) in [4.78, 5) is 38.3. The van der Waals surface area contributed by atoms with Crippen LogP contribution in [0.15, 0.2) is 72.8 Å². The number of ketones is 1. The Hall–Kier alpha value is -3.62. The van der Waals surface area contributed by atoms with Gasteiger partial charge in [-0.15, -0.1) is 11.8 Å². The van der Waals surface area contributed by atoms with Gasteiger partial charge < -0.3 is 15.5 Å². The topological polar surface area (TPSA) is 87.2 Å². The second-order valence-corrected chi connectivity index (χ2v) is 13.0. The van der Waals surface area contributed by atoms with Crippen LogP contribution in [0.25, 0.3) is 10.9 Å². The lowest BCUT2D eigenvalue weighted by atomic mass is 9.91. The molecule has 0 bridgehead atoms. The van der Waals surface area contributed by atoms with Crippen molar-refractivity contribution in [3.63, 3.8) is 0 Å². The van der Waals surface area contributed by atoms with Gasteiger partial charge in [0.2, 0.25) is 11.9 Å². The number of amides is 1. The highest BCUT2D eigenvalue weighted by Crippen LogP contribution is 2.28. The monoisotopic (exact) mass is 615 g/mol. The number of aromatic nitrogens is 2. The zero-order valence-corrected chi connectivity index (χ0v) is 26.4. The number of fused-ring (bicyclic) bond motifs is 1. The van der Waals surface area contributed by atoms with Gasteiger partial charge in [-0.05, 0) is 62.4 Å². The van der Waals surface area contributed by atoms with Gasteiger partial charge in [-0.2, -0.15) is 4.98 Å². The van der Waals surface area contributed by atoms with Crippen LogP contribution in [0, 0.1) is 6.92 Å². The molecule has 5 rings (SSSR count). The van der Waals surface area contributed by atoms with Gasteiger partial charge in [0.15, 0.2) is 5.78 Å². The zero-order chi connectivity index (χ0) is 30.3. The third-order valence-electron chi connectivity index (χ3n) is 7.81. The second kappa shape index (κ2) is 14.2. The van der Waals surface area contributed by atoms with Crippen LogP contribution in [0.3, 0.4) is 0 Å². The number of benzene rings is 3. The lowest BCUT2D eigenvalue weighted by molar-refractivity contribution is -0.121. The molecule has 1 aliphatic carbocycles. The smallest absolute Gasteiger partial charge is 0.233 e. The Kier molecular flexibility index (Phi) is 10.2. The second-order valence-electron chi connectivity index (χ2n) is 11.4. The minimum Gasteiger partial charge on any atom is -0.362 e. The van der Waals surface area contributed by atoms with Crippen LogP contribution in [0.5, 0.6) is 0 Å². The molecule has 43 heavy (non-hydrogen) atoms. The summed E-state index contributed by atoms with van der Waals surface area (Å²) >= 11 is 7.55. The minimum atomic E-state index is -0.490. The number of nitrogens with zero attached hydrogens (tertiary/aromatic N) is 3. The Morgan fingerprint density at radius 2 is 1.60 bits per heavy atom. The third kappa shape index (κ3) is 8.27. The van der Waals surface area contributed by atoms with E-state index in [9.17, 15) is 9.59 Å². The normalized spacial score (nSPS) is 17.3. The number of aryl methyl sites for hydroxylation is 1. The molecule has 1 atom stereocenters. The molecule has 0 aliphatic heterocycles. The number of hydrogen-bond donors (Lipinski definition) is 2. The van der Waals surface area contributed by atoms with E-state index in [0.29, 0.717) is 22.3 Å². The van der Waals surface area contributed by atoms with E-state index >= 15 is 0 Å². The molecule has 0 spiro atoms.